The van der Waals surface area contributed by atoms with Crippen LogP contribution in [0.15, 0.2) is 60.7 Å². The second kappa shape index (κ2) is 6.93. The molecule has 0 bridgehead atoms. The molecule has 1 fully saturated rings. The molecule has 0 spiro atoms. The van der Waals surface area contributed by atoms with E-state index in [1.54, 1.807) is 0 Å². The van der Waals surface area contributed by atoms with Gasteiger partial charge in [-0.1, -0.05) is 85.4 Å². The first kappa shape index (κ1) is 17.6. The summed E-state index contributed by atoms with van der Waals surface area (Å²) in [5.41, 5.74) is 4.53. The number of hydrogen-bond donors (Lipinski definition) is 0. The molecule has 123 valence electrons. The van der Waals surface area contributed by atoms with Crippen molar-refractivity contribution in [3.05, 3.63) is 71.8 Å². The first-order chi connectivity index (χ1) is 11.4. The maximum Gasteiger partial charge on any atom is 0.213 e. The summed E-state index contributed by atoms with van der Waals surface area (Å²) >= 11 is 0. The average molecular weight is 332 g/mol. The molecule has 1 saturated heterocycles. The summed E-state index contributed by atoms with van der Waals surface area (Å²) < 4.78 is 2.76. The van der Waals surface area contributed by atoms with Gasteiger partial charge in [-0.3, -0.25) is 0 Å². The largest absolute Gasteiger partial charge is 0.379 e. The standard InChI is InChI=1S/C20H28B2NSi/c1-20(2,3)23-21(4)18(16-12-8-6-9-13-16)24-19(22(23)5)17-14-10-7-11-15-17/h6-15,18-19,24H,1-5H3. The smallest absolute Gasteiger partial charge is 0.213 e. The van der Waals surface area contributed by atoms with Gasteiger partial charge in [-0.15, -0.1) is 0 Å². The molecule has 1 heterocycles. The van der Waals surface area contributed by atoms with Gasteiger partial charge in [0.05, 0.1) is 0 Å². The molecule has 0 N–H and O–H groups in total. The van der Waals surface area contributed by atoms with E-state index in [2.05, 4.69) is 99.8 Å². The van der Waals surface area contributed by atoms with E-state index in [-0.39, 0.29) is 5.54 Å². The van der Waals surface area contributed by atoms with Crippen LogP contribution in [0.5, 0.6) is 0 Å². The zero-order valence-corrected chi connectivity index (χ0v) is 16.8. The first-order valence-electron chi connectivity index (χ1n) is 9.13. The van der Waals surface area contributed by atoms with Gasteiger partial charge in [0.15, 0.2) is 0 Å². The van der Waals surface area contributed by atoms with E-state index in [9.17, 15) is 0 Å². The molecule has 0 saturated carbocycles. The highest BCUT2D eigenvalue weighted by Gasteiger charge is 2.47. The molecule has 2 atom stereocenters. The van der Waals surface area contributed by atoms with E-state index in [0.717, 1.165) is 0 Å². The van der Waals surface area contributed by atoms with Crippen molar-refractivity contribution in [2.45, 2.75) is 50.8 Å². The van der Waals surface area contributed by atoms with Gasteiger partial charge in [-0.2, -0.15) is 0 Å². The fraction of sp³-hybridized carbons (Fsp3) is 0.400. The normalized spacial score (nSPS) is 22.7. The number of rotatable bonds is 2. The minimum atomic E-state index is 0.179. The highest BCUT2D eigenvalue weighted by Crippen LogP contribution is 2.37. The van der Waals surface area contributed by atoms with E-state index in [1.807, 2.05) is 0 Å². The van der Waals surface area contributed by atoms with Gasteiger partial charge in [-0.05, 0) is 37.2 Å². The summed E-state index contributed by atoms with van der Waals surface area (Å²) in [6.45, 7) is 13.1. The summed E-state index contributed by atoms with van der Waals surface area (Å²) in [5.74, 6) is 0. The zero-order chi connectivity index (χ0) is 17.3. The van der Waals surface area contributed by atoms with Gasteiger partial charge in [0.25, 0.3) is 0 Å². The van der Waals surface area contributed by atoms with Crippen molar-refractivity contribution in [3.63, 3.8) is 0 Å². The molecule has 4 heteroatoms. The zero-order valence-electron chi connectivity index (χ0n) is 15.6. The van der Waals surface area contributed by atoms with Crippen LogP contribution < -0.4 is 0 Å². The predicted octanol–water partition coefficient (Wildman–Crippen LogP) is 4.34. The van der Waals surface area contributed by atoms with Crippen molar-refractivity contribution in [2.75, 3.05) is 0 Å². The van der Waals surface area contributed by atoms with Crippen LogP contribution in [0.1, 0.15) is 42.8 Å². The van der Waals surface area contributed by atoms with Gasteiger partial charge in [0, 0.05) is 9.52 Å². The second-order valence-electron chi connectivity index (χ2n) is 8.12. The molecule has 0 amide bonds. The fourth-order valence-electron chi connectivity index (χ4n) is 4.61. The molecule has 2 unspecified atom stereocenters. The summed E-state index contributed by atoms with van der Waals surface area (Å²) in [5, 5.41) is 0. The highest BCUT2D eigenvalue weighted by molar-refractivity contribution is 6.88. The Labute approximate surface area is 150 Å². The van der Waals surface area contributed by atoms with E-state index >= 15 is 0 Å². The lowest BCUT2D eigenvalue weighted by molar-refractivity contribution is 0.356. The third-order valence-corrected chi connectivity index (χ3v) is 8.19. The number of hydrogen-bond acceptors (Lipinski definition) is 1. The summed E-state index contributed by atoms with van der Waals surface area (Å²) in [7, 11) is 0.318. The Morgan fingerprint density at radius 2 is 1.12 bits per heavy atom. The molecule has 1 aliphatic heterocycles. The van der Waals surface area contributed by atoms with Gasteiger partial charge >= 0.3 is 0 Å². The van der Waals surface area contributed by atoms with Crippen LogP contribution in [0.4, 0.5) is 0 Å². The van der Waals surface area contributed by atoms with Crippen molar-refractivity contribution < 1.29 is 0 Å². The third kappa shape index (κ3) is 3.40. The van der Waals surface area contributed by atoms with Crippen LogP contribution in [0, 0.1) is 0 Å². The molecule has 3 rings (SSSR count). The highest BCUT2D eigenvalue weighted by atomic mass is 28.2. The van der Waals surface area contributed by atoms with Crippen LogP contribution in [0.25, 0.3) is 0 Å². The van der Waals surface area contributed by atoms with E-state index in [0.29, 0.717) is 34.1 Å². The topological polar surface area (TPSA) is 3.24 Å². The van der Waals surface area contributed by atoms with Gasteiger partial charge in [0.2, 0.25) is 13.7 Å². The lowest BCUT2D eigenvalue weighted by atomic mass is 9.41. The number of nitrogens with zero attached hydrogens (tertiary/aromatic N) is 1. The summed E-state index contributed by atoms with van der Waals surface area (Å²) in [6, 6.07) is 22.3. The Hall–Kier alpha value is -1.25. The first-order valence-corrected chi connectivity index (χ1v) is 10.5. The van der Waals surface area contributed by atoms with Crippen molar-refractivity contribution in [3.8, 4) is 0 Å². The van der Waals surface area contributed by atoms with Crippen molar-refractivity contribution in [1.29, 1.82) is 0 Å². The van der Waals surface area contributed by atoms with Gasteiger partial charge in [-0.25, -0.2) is 0 Å². The van der Waals surface area contributed by atoms with Crippen LogP contribution >= 0.6 is 0 Å². The Kier molecular flexibility index (Phi) is 5.07. The molecular weight excluding hydrogens is 304 g/mol. The summed E-state index contributed by atoms with van der Waals surface area (Å²) in [4.78, 5) is 0. The second-order valence-corrected chi connectivity index (χ2v) is 9.95. The van der Waals surface area contributed by atoms with Crippen LogP contribution in [-0.4, -0.2) is 33.5 Å². The van der Waals surface area contributed by atoms with Crippen LogP contribution in [0.2, 0.25) is 13.6 Å². The maximum atomic E-state index is 2.76. The lowest BCUT2D eigenvalue weighted by Crippen LogP contribution is -2.65. The molecule has 1 radical (unpaired) electrons. The molecule has 2 aromatic rings. The van der Waals surface area contributed by atoms with Crippen LogP contribution in [0.3, 0.4) is 0 Å². The maximum absolute atomic E-state index is 2.76. The van der Waals surface area contributed by atoms with Crippen molar-refractivity contribution in [1.82, 2.24) is 4.72 Å². The molecule has 2 aromatic carbocycles. The van der Waals surface area contributed by atoms with E-state index in [1.165, 1.54) is 11.1 Å². The van der Waals surface area contributed by atoms with E-state index < -0.39 is 0 Å². The third-order valence-electron chi connectivity index (χ3n) is 5.48. The number of benzene rings is 2. The molecule has 1 aliphatic rings. The SMILES string of the molecule is CB1C(c2ccccc2)[SiH]C(c2ccccc2)B(C)N1C(C)(C)C. The Morgan fingerprint density at radius 1 is 0.750 bits per heavy atom. The monoisotopic (exact) mass is 332 g/mol. The Balaban J connectivity index is 2.02. The fourth-order valence-corrected chi connectivity index (χ4v) is 6.96. The predicted molar refractivity (Wildman–Crippen MR) is 110 cm³/mol. The molecule has 0 aliphatic carbocycles. The molecule has 1 nitrogen and oxygen atoms in total. The van der Waals surface area contributed by atoms with Gasteiger partial charge in [0.1, 0.15) is 0 Å². The van der Waals surface area contributed by atoms with Crippen LogP contribution in [-0.2, 0) is 0 Å². The minimum absolute atomic E-state index is 0.179. The molecular formula is C20H28B2NSi. The van der Waals surface area contributed by atoms with Crippen molar-refractivity contribution >= 4 is 23.2 Å². The Bertz CT molecular complexity index is 605. The summed E-state index contributed by atoms with van der Waals surface area (Å²) in [6.07, 6.45) is 0. The lowest BCUT2D eigenvalue weighted by Gasteiger charge is -2.52. The Morgan fingerprint density at radius 3 is 1.46 bits per heavy atom. The van der Waals surface area contributed by atoms with E-state index in [4.69, 9.17) is 0 Å². The quantitative estimate of drug-likeness (QED) is 0.740. The molecule has 24 heavy (non-hydrogen) atoms. The average Bonchev–Trinajstić information content (AvgIpc) is 2.55. The minimum Gasteiger partial charge on any atom is -0.379 e. The van der Waals surface area contributed by atoms with Crippen molar-refractivity contribution in [2.24, 2.45) is 0 Å². The van der Waals surface area contributed by atoms with Gasteiger partial charge < -0.3 is 4.72 Å². The molecule has 0 aromatic heterocycles.